The number of pyridine rings is 1. The van der Waals surface area contributed by atoms with E-state index < -0.39 is 12.1 Å². The molecule has 5 heteroatoms. The highest BCUT2D eigenvalue weighted by Crippen LogP contribution is 2.20. The van der Waals surface area contributed by atoms with Gasteiger partial charge in [0.2, 0.25) is 0 Å². The third kappa shape index (κ3) is 2.71. The van der Waals surface area contributed by atoms with Crippen LogP contribution >= 0.6 is 11.6 Å². The number of rotatable bonds is 2. The number of esters is 1. The molecule has 0 saturated carbocycles. The Morgan fingerprint density at radius 3 is 2.75 bits per heavy atom. The zero-order valence-corrected chi connectivity index (χ0v) is 10.00. The van der Waals surface area contributed by atoms with Crippen LogP contribution in [0.5, 0.6) is 0 Å². The van der Waals surface area contributed by atoms with E-state index >= 15 is 0 Å². The second-order valence-corrected chi connectivity index (χ2v) is 3.78. The summed E-state index contributed by atoms with van der Waals surface area (Å²) in [6, 6.07) is 3.54. The van der Waals surface area contributed by atoms with Crippen molar-refractivity contribution in [3.63, 3.8) is 0 Å². The number of aryl methyl sites for hydroxylation is 2. The average molecular weight is 239 g/mol. The van der Waals surface area contributed by atoms with E-state index in [1.54, 1.807) is 19.9 Å². The van der Waals surface area contributed by atoms with Gasteiger partial charge in [-0.2, -0.15) is 5.26 Å². The molecule has 1 heterocycles. The Bertz CT molecular complexity index is 443. The number of ether oxygens (including phenoxy) is 1. The lowest BCUT2D eigenvalue weighted by Crippen LogP contribution is -2.15. The first-order valence-corrected chi connectivity index (χ1v) is 5.08. The van der Waals surface area contributed by atoms with Crippen molar-refractivity contribution in [1.29, 1.82) is 5.26 Å². The van der Waals surface area contributed by atoms with E-state index in [0.29, 0.717) is 5.56 Å². The van der Waals surface area contributed by atoms with Crippen molar-refractivity contribution in [1.82, 2.24) is 4.98 Å². The van der Waals surface area contributed by atoms with Crippen LogP contribution in [0.4, 0.5) is 0 Å². The monoisotopic (exact) mass is 238 g/mol. The lowest BCUT2D eigenvalue weighted by Gasteiger charge is -2.09. The van der Waals surface area contributed by atoms with Crippen LogP contribution in [0.15, 0.2) is 6.07 Å². The van der Waals surface area contributed by atoms with Crippen LogP contribution in [0.25, 0.3) is 0 Å². The Kier molecular flexibility index (Phi) is 3.86. The predicted molar refractivity (Wildman–Crippen MR) is 59.2 cm³/mol. The van der Waals surface area contributed by atoms with Gasteiger partial charge in [0.05, 0.1) is 5.56 Å². The number of nitriles is 1. The highest BCUT2D eigenvalue weighted by atomic mass is 35.5. The number of carbonyl (C=O) groups excluding carboxylic acids is 1. The summed E-state index contributed by atoms with van der Waals surface area (Å²) in [7, 11) is 0. The molecule has 0 spiro atoms. The molecule has 0 aromatic carbocycles. The van der Waals surface area contributed by atoms with Crippen molar-refractivity contribution in [2.75, 3.05) is 0 Å². The van der Waals surface area contributed by atoms with Gasteiger partial charge in [0, 0.05) is 5.69 Å². The fourth-order valence-corrected chi connectivity index (χ4v) is 1.64. The molecular weight excluding hydrogens is 228 g/mol. The van der Waals surface area contributed by atoms with E-state index in [0.717, 1.165) is 5.69 Å². The van der Waals surface area contributed by atoms with Crippen LogP contribution in [0.2, 0.25) is 5.15 Å². The van der Waals surface area contributed by atoms with Gasteiger partial charge < -0.3 is 4.74 Å². The normalized spacial score (nSPS) is 11.7. The molecule has 16 heavy (non-hydrogen) atoms. The Morgan fingerprint density at radius 1 is 1.62 bits per heavy atom. The molecule has 1 atom stereocenters. The Balaban J connectivity index is 3.06. The molecule has 0 aliphatic carbocycles. The molecule has 0 saturated heterocycles. The van der Waals surface area contributed by atoms with Crippen LogP contribution in [0.1, 0.15) is 28.5 Å². The summed E-state index contributed by atoms with van der Waals surface area (Å²) in [4.78, 5) is 15.6. The SMILES string of the molecule is Cc1cc(C)c(C(=O)O[C@@H](C)C#N)c(Cl)n1. The van der Waals surface area contributed by atoms with Crippen molar-refractivity contribution < 1.29 is 9.53 Å². The molecule has 0 radical (unpaired) electrons. The smallest absolute Gasteiger partial charge is 0.342 e. The summed E-state index contributed by atoms with van der Waals surface area (Å²) in [6.45, 7) is 5.02. The zero-order chi connectivity index (χ0) is 12.3. The molecule has 1 aromatic heterocycles. The number of halogens is 1. The highest BCUT2D eigenvalue weighted by Gasteiger charge is 2.18. The van der Waals surface area contributed by atoms with Gasteiger partial charge in [-0.1, -0.05) is 11.6 Å². The van der Waals surface area contributed by atoms with Crippen LogP contribution < -0.4 is 0 Å². The second-order valence-electron chi connectivity index (χ2n) is 3.42. The Labute approximate surface area is 98.8 Å². The summed E-state index contributed by atoms with van der Waals surface area (Å²) in [5.41, 5.74) is 1.63. The van der Waals surface area contributed by atoms with Gasteiger partial charge in [-0.3, -0.25) is 0 Å². The molecule has 0 aliphatic rings. The largest absolute Gasteiger partial charge is 0.444 e. The summed E-state index contributed by atoms with van der Waals surface area (Å²) in [5.74, 6) is -0.621. The summed E-state index contributed by atoms with van der Waals surface area (Å²) < 4.78 is 4.86. The van der Waals surface area contributed by atoms with Crippen LogP contribution in [-0.4, -0.2) is 17.1 Å². The minimum Gasteiger partial charge on any atom is -0.444 e. The Hall–Kier alpha value is -1.60. The number of aromatic nitrogens is 1. The fraction of sp³-hybridized carbons (Fsp3) is 0.364. The van der Waals surface area contributed by atoms with E-state index in [4.69, 9.17) is 21.6 Å². The van der Waals surface area contributed by atoms with Crippen molar-refractivity contribution in [2.24, 2.45) is 0 Å². The molecule has 0 aliphatic heterocycles. The number of nitrogens with zero attached hydrogens (tertiary/aromatic N) is 2. The molecular formula is C11H11ClN2O2. The van der Waals surface area contributed by atoms with Crippen molar-refractivity contribution in [3.05, 3.63) is 28.0 Å². The summed E-state index contributed by atoms with van der Waals surface area (Å²) in [5, 5.41) is 8.64. The van der Waals surface area contributed by atoms with Crippen LogP contribution in [0, 0.1) is 25.2 Å². The lowest BCUT2D eigenvalue weighted by atomic mass is 10.1. The van der Waals surface area contributed by atoms with Crippen LogP contribution in [-0.2, 0) is 4.74 Å². The topological polar surface area (TPSA) is 63.0 Å². The quantitative estimate of drug-likeness (QED) is 0.586. The van der Waals surface area contributed by atoms with Gasteiger partial charge >= 0.3 is 5.97 Å². The van der Waals surface area contributed by atoms with Crippen LogP contribution in [0.3, 0.4) is 0 Å². The van der Waals surface area contributed by atoms with Gasteiger partial charge in [-0.25, -0.2) is 9.78 Å². The maximum Gasteiger partial charge on any atom is 0.342 e. The van der Waals surface area contributed by atoms with E-state index in [9.17, 15) is 4.79 Å². The molecule has 4 nitrogen and oxygen atoms in total. The molecule has 0 bridgehead atoms. The average Bonchev–Trinajstić information content (AvgIpc) is 2.15. The van der Waals surface area contributed by atoms with Gasteiger partial charge in [0.25, 0.3) is 0 Å². The standard InChI is InChI=1S/C11H11ClN2O2/c1-6-4-7(2)14-10(12)9(6)11(15)16-8(3)5-13/h4,8H,1-3H3/t8-/m0/s1. The molecule has 1 aromatic rings. The first-order chi connectivity index (χ1) is 7.45. The highest BCUT2D eigenvalue weighted by molar-refractivity contribution is 6.32. The molecule has 0 amide bonds. The van der Waals surface area contributed by atoms with E-state index in [-0.39, 0.29) is 10.7 Å². The Morgan fingerprint density at radius 2 is 2.25 bits per heavy atom. The summed E-state index contributed by atoms with van der Waals surface area (Å²) in [6.07, 6.45) is -0.802. The van der Waals surface area contributed by atoms with Gasteiger partial charge in [-0.05, 0) is 32.4 Å². The minimum atomic E-state index is -0.802. The molecule has 0 N–H and O–H groups in total. The third-order valence-electron chi connectivity index (χ3n) is 1.97. The summed E-state index contributed by atoms with van der Waals surface area (Å²) >= 11 is 5.86. The number of hydrogen-bond acceptors (Lipinski definition) is 4. The molecule has 1 rings (SSSR count). The van der Waals surface area contributed by atoms with Crippen molar-refractivity contribution in [3.8, 4) is 6.07 Å². The van der Waals surface area contributed by atoms with Gasteiger partial charge in [0.1, 0.15) is 11.2 Å². The third-order valence-corrected chi connectivity index (χ3v) is 2.24. The van der Waals surface area contributed by atoms with Crippen molar-refractivity contribution >= 4 is 17.6 Å². The first kappa shape index (κ1) is 12.5. The van der Waals surface area contributed by atoms with E-state index in [2.05, 4.69) is 4.98 Å². The molecule has 0 fully saturated rings. The van der Waals surface area contributed by atoms with Gasteiger partial charge in [-0.15, -0.1) is 0 Å². The number of hydrogen-bond donors (Lipinski definition) is 0. The van der Waals surface area contributed by atoms with E-state index in [1.807, 2.05) is 6.07 Å². The molecule has 84 valence electrons. The zero-order valence-electron chi connectivity index (χ0n) is 9.24. The number of carbonyl (C=O) groups is 1. The second kappa shape index (κ2) is 4.95. The lowest BCUT2D eigenvalue weighted by molar-refractivity contribution is 0.0434. The maximum atomic E-state index is 11.7. The first-order valence-electron chi connectivity index (χ1n) is 4.70. The predicted octanol–water partition coefficient (Wildman–Crippen LogP) is 2.42. The molecule has 0 unspecified atom stereocenters. The fourth-order valence-electron chi connectivity index (χ4n) is 1.28. The maximum absolute atomic E-state index is 11.7. The van der Waals surface area contributed by atoms with Gasteiger partial charge in [0.15, 0.2) is 6.10 Å². The van der Waals surface area contributed by atoms with E-state index in [1.165, 1.54) is 6.92 Å². The minimum absolute atomic E-state index is 0.104. The van der Waals surface area contributed by atoms with Crippen molar-refractivity contribution in [2.45, 2.75) is 26.9 Å².